The number of hydrogen-bond donors (Lipinski definition) is 2. The molecule has 5 nitrogen and oxygen atoms in total. The second kappa shape index (κ2) is 6.81. The molecule has 2 N–H and O–H groups in total. The van der Waals surface area contributed by atoms with Crippen molar-refractivity contribution in [3.8, 4) is 0 Å². The van der Waals surface area contributed by atoms with Gasteiger partial charge in [-0.3, -0.25) is 14.5 Å². The summed E-state index contributed by atoms with van der Waals surface area (Å²) in [4.78, 5) is 24.3. The Morgan fingerprint density at radius 2 is 2.00 bits per heavy atom. The first-order valence-corrected chi connectivity index (χ1v) is 7.41. The standard InChI is InChI=1S/C13H10ClF3N2O3S/c14-8-2-1-7(23-13(15,16)17)5-9(8)18-10-6-11(21)19(3-4-20)12(10)22/h1-2,5-6,18,20H,3-4H2. The third-order valence-electron chi connectivity index (χ3n) is 2.77. The molecule has 0 aliphatic carbocycles. The van der Waals surface area contributed by atoms with Gasteiger partial charge < -0.3 is 10.4 Å². The number of benzene rings is 1. The number of alkyl halides is 3. The van der Waals surface area contributed by atoms with E-state index in [4.69, 9.17) is 16.7 Å². The zero-order chi connectivity index (χ0) is 17.2. The van der Waals surface area contributed by atoms with Gasteiger partial charge in [0.05, 0.1) is 23.9 Å². The molecular formula is C13H10ClF3N2O3S. The molecule has 0 radical (unpaired) electrons. The third-order valence-corrected chi connectivity index (χ3v) is 3.82. The SMILES string of the molecule is O=C1C=C(Nc2cc(SC(F)(F)F)ccc2Cl)C(=O)N1CCO. The number of carbonyl (C=O) groups excluding carboxylic acids is 2. The van der Waals surface area contributed by atoms with Crippen LogP contribution in [0.15, 0.2) is 34.9 Å². The van der Waals surface area contributed by atoms with Crippen LogP contribution in [-0.4, -0.2) is 40.5 Å². The van der Waals surface area contributed by atoms with Crippen LogP contribution >= 0.6 is 23.4 Å². The van der Waals surface area contributed by atoms with Crippen LogP contribution < -0.4 is 5.32 Å². The maximum atomic E-state index is 12.4. The predicted molar refractivity (Wildman–Crippen MR) is 78.9 cm³/mol. The van der Waals surface area contributed by atoms with Gasteiger partial charge in [-0.05, 0) is 30.0 Å². The van der Waals surface area contributed by atoms with Crippen molar-refractivity contribution >= 4 is 40.9 Å². The first-order valence-electron chi connectivity index (χ1n) is 6.22. The molecule has 124 valence electrons. The summed E-state index contributed by atoms with van der Waals surface area (Å²) in [6, 6.07) is 3.58. The average molecular weight is 367 g/mol. The fourth-order valence-electron chi connectivity index (χ4n) is 1.85. The molecule has 2 amide bonds. The number of halogens is 4. The Morgan fingerprint density at radius 3 is 2.61 bits per heavy atom. The van der Waals surface area contributed by atoms with Gasteiger partial charge in [-0.25, -0.2) is 0 Å². The fourth-order valence-corrected chi connectivity index (χ4v) is 2.60. The molecule has 1 heterocycles. The van der Waals surface area contributed by atoms with Crippen LogP contribution in [0.2, 0.25) is 5.02 Å². The number of hydrogen-bond acceptors (Lipinski definition) is 5. The summed E-state index contributed by atoms with van der Waals surface area (Å²) in [6.07, 6.45) is 0.998. The van der Waals surface area contributed by atoms with Crippen molar-refractivity contribution in [3.05, 3.63) is 35.0 Å². The smallest absolute Gasteiger partial charge is 0.395 e. The molecule has 0 bridgehead atoms. The van der Waals surface area contributed by atoms with E-state index in [1.165, 1.54) is 12.1 Å². The zero-order valence-corrected chi connectivity index (χ0v) is 12.9. The van der Waals surface area contributed by atoms with Crippen LogP contribution in [0.1, 0.15) is 0 Å². The molecule has 1 aromatic rings. The van der Waals surface area contributed by atoms with E-state index in [0.29, 0.717) is 0 Å². The highest BCUT2D eigenvalue weighted by atomic mass is 35.5. The van der Waals surface area contributed by atoms with Crippen LogP contribution in [-0.2, 0) is 9.59 Å². The first kappa shape index (κ1) is 17.6. The number of anilines is 1. The number of nitrogens with one attached hydrogen (secondary N) is 1. The summed E-state index contributed by atoms with van der Waals surface area (Å²) in [5.74, 6) is -1.31. The Morgan fingerprint density at radius 1 is 1.30 bits per heavy atom. The normalized spacial score (nSPS) is 15.2. The molecule has 0 aromatic heterocycles. The van der Waals surface area contributed by atoms with Gasteiger partial charge in [0.25, 0.3) is 11.8 Å². The number of aliphatic hydroxyl groups excluding tert-OH is 1. The molecule has 0 saturated carbocycles. The number of thioether (sulfide) groups is 1. The predicted octanol–water partition coefficient (Wildman–Crippen LogP) is 2.61. The maximum Gasteiger partial charge on any atom is 0.446 e. The number of amides is 2. The van der Waals surface area contributed by atoms with E-state index in [0.717, 1.165) is 17.0 Å². The number of carbonyl (C=O) groups is 2. The molecule has 0 unspecified atom stereocenters. The molecule has 1 aliphatic heterocycles. The molecule has 0 spiro atoms. The van der Waals surface area contributed by atoms with Gasteiger partial charge in [0.15, 0.2) is 0 Å². The van der Waals surface area contributed by atoms with Gasteiger partial charge in [-0.1, -0.05) is 11.6 Å². The maximum absolute atomic E-state index is 12.4. The van der Waals surface area contributed by atoms with Crippen molar-refractivity contribution in [2.24, 2.45) is 0 Å². The van der Waals surface area contributed by atoms with Crippen LogP contribution in [0.25, 0.3) is 0 Å². The Bertz CT molecular complexity index is 679. The third kappa shape index (κ3) is 4.40. The van der Waals surface area contributed by atoms with E-state index in [-0.39, 0.29) is 39.6 Å². The summed E-state index contributed by atoms with van der Waals surface area (Å²) < 4.78 is 37.2. The molecule has 2 rings (SSSR count). The lowest BCUT2D eigenvalue weighted by Gasteiger charge is -2.14. The molecule has 0 fully saturated rings. The summed E-state index contributed by atoms with van der Waals surface area (Å²) in [6.45, 7) is -0.561. The van der Waals surface area contributed by atoms with E-state index >= 15 is 0 Å². The van der Waals surface area contributed by atoms with Gasteiger partial charge in [-0.2, -0.15) is 13.2 Å². The summed E-state index contributed by atoms with van der Waals surface area (Å²) >= 11 is 5.58. The van der Waals surface area contributed by atoms with Crippen LogP contribution in [0.4, 0.5) is 18.9 Å². The van der Waals surface area contributed by atoms with Crippen LogP contribution in [0, 0.1) is 0 Å². The van der Waals surface area contributed by atoms with Crippen molar-refractivity contribution in [3.63, 3.8) is 0 Å². The van der Waals surface area contributed by atoms with Gasteiger partial charge in [0.2, 0.25) is 0 Å². The summed E-state index contributed by atoms with van der Waals surface area (Å²) in [5.41, 5.74) is -4.51. The first-order chi connectivity index (χ1) is 10.7. The van der Waals surface area contributed by atoms with Crippen molar-refractivity contribution in [2.45, 2.75) is 10.4 Å². The van der Waals surface area contributed by atoms with Crippen LogP contribution in [0.3, 0.4) is 0 Å². The molecule has 10 heteroatoms. The zero-order valence-electron chi connectivity index (χ0n) is 11.4. The van der Waals surface area contributed by atoms with E-state index in [2.05, 4.69) is 5.32 Å². The largest absolute Gasteiger partial charge is 0.446 e. The lowest BCUT2D eigenvalue weighted by Crippen LogP contribution is -2.34. The lowest BCUT2D eigenvalue weighted by atomic mass is 10.3. The Balaban J connectivity index is 2.20. The number of β-amino-alcohol motifs (C(OH)–C–C–N with tert-alkyl or cyclic N) is 1. The average Bonchev–Trinajstić information content (AvgIpc) is 2.69. The van der Waals surface area contributed by atoms with Gasteiger partial charge in [0.1, 0.15) is 5.70 Å². The van der Waals surface area contributed by atoms with E-state index < -0.39 is 23.9 Å². The van der Waals surface area contributed by atoms with Gasteiger partial charge >= 0.3 is 5.51 Å². The number of aliphatic hydroxyl groups is 1. The van der Waals surface area contributed by atoms with Gasteiger partial charge in [0, 0.05) is 11.0 Å². The van der Waals surface area contributed by atoms with Gasteiger partial charge in [-0.15, -0.1) is 0 Å². The molecule has 0 saturated heterocycles. The summed E-state index contributed by atoms with van der Waals surface area (Å²) in [7, 11) is 0. The highest BCUT2D eigenvalue weighted by molar-refractivity contribution is 8.00. The monoisotopic (exact) mass is 366 g/mol. The van der Waals surface area contributed by atoms with Crippen molar-refractivity contribution in [1.29, 1.82) is 0 Å². The lowest BCUT2D eigenvalue weighted by molar-refractivity contribution is -0.137. The minimum atomic E-state index is -4.46. The highest BCUT2D eigenvalue weighted by Crippen LogP contribution is 2.39. The van der Waals surface area contributed by atoms with Crippen molar-refractivity contribution in [1.82, 2.24) is 4.90 Å². The quantitative estimate of drug-likeness (QED) is 0.619. The summed E-state index contributed by atoms with van der Waals surface area (Å²) in [5, 5.41) is 11.5. The number of nitrogens with zero attached hydrogens (tertiary/aromatic N) is 1. The second-order valence-corrected chi connectivity index (χ2v) is 5.94. The van der Waals surface area contributed by atoms with Crippen molar-refractivity contribution in [2.75, 3.05) is 18.5 Å². The fraction of sp³-hybridized carbons (Fsp3) is 0.231. The Kier molecular flexibility index (Phi) is 5.23. The molecule has 1 aliphatic rings. The number of imide groups is 1. The van der Waals surface area contributed by atoms with Crippen LogP contribution in [0.5, 0.6) is 0 Å². The Labute approximate surface area is 138 Å². The van der Waals surface area contributed by atoms with E-state index in [1.807, 2.05) is 0 Å². The van der Waals surface area contributed by atoms with E-state index in [1.54, 1.807) is 0 Å². The topological polar surface area (TPSA) is 69.6 Å². The molecule has 23 heavy (non-hydrogen) atoms. The Hall–Kier alpha value is -1.71. The molecular weight excluding hydrogens is 357 g/mol. The minimum Gasteiger partial charge on any atom is -0.395 e. The van der Waals surface area contributed by atoms with E-state index in [9.17, 15) is 22.8 Å². The second-order valence-electron chi connectivity index (χ2n) is 4.39. The minimum absolute atomic E-state index is 0.0687. The van der Waals surface area contributed by atoms with Crippen molar-refractivity contribution < 1.29 is 27.9 Å². The molecule has 1 aromatic carbocycles. The highest BCUT2D eigenvalue weighted by Gasteiger charge is 2.32. The number of rotatable bonds is 5. The molecule has 0 atom stereocenters.